The number of likely N-dealkylation sites (N-methyl/N-ethyl adjacent to an activating group) is 1. The molecular weight excluding hydrogens is 302 g/mol. The van der Waals surface area contributed by atoms with E-state index in [0.29, 0.717) is 18.4 Å². The Kier molecular flexibility index (Phi) is 8.47. The predicted molar refractivity (Wildman–Crippen MR) is 96.4 cm³/mol. The standard InChI is InChI=1S/C19H31N3O2/c1-13(2)10-15-6-8-16(9-7-15)19(14(3)4)22-12-18(24)21-11-17(23)20-5/h6-9,13-14,19,22H,10-12H2,1-5H3,(H,20,23)(H,21,24)/p+1/t19-/m1/s1. The second-order valence-electron chi connectivity index (χ2n) is 7.00. The second-order valence-corrected chi connectivity index (χ2v) is 7.00. The van der Waals surface area contributed by atoms with Gasteiger partial charge in [-0.2, -0.15) is 0 Å². The van der Waals surface area contributed by atoms with E-state index >= 15 is 0 Å². The van der Waals surface area contributed by atoms with E-state index in [9.17, 15) is 9.59 Å². The van der Waals surface area contributed by atoms with E-state index in [1.54, 1.807) is 7.05 Å². The maximum absolute atomic E-state index is 11.9. The van der Waals surface area contributed by atoms with Crippen LogP contribution in [0.25, 0.3) is 0 Å². The quantitative estimate of drug-likeness (QED) is 0.630. The summed E-state index contributed by atoms with van der Waals surface area (Å²) >= 11 is 0. The lowest BCUT2D eigenvalue weighted by Crippen LogP contribution is -2.88. The van der Waals surface area contributed by atoms with Crippen molar-refractivity contribution in [3.8, 4) is 0 Å². The van der Waals surface area contributed by atoms with Crippen molar-refractivity contribution < 1.29 is 14.9 Å². The zero-order valence-electron chi connectivity index (χ0n) is 15.6. The molecule has 0 saturated carbocycles. The van der Waals surface area contributed by atoms with E-state index in [-0.39, 0.29) is 24.4 Å². The van der Waals surface area contributed by atoms with Gasteiger partial charge < -0.3 is 16.0 Å². The summed E-state index contributed by atoms with van der Waals surface area (Å²) in [7, 11) is 1.55. The Bertz CT molecular complexity index is 524. The van der Waals surface area contributed by atoms with Gasteiger partial charge in [0.2, 0.25) is 5.91 Å². The zero-order valence-corrected chi connectivity index (χ0v) is 15.6. The number of hydrogen-bond donors (Lipinski definition) is 3. The van der Waals surface area contributed by atoms with Crippen LogP contribution < -0.4 is 16.0 Å². The van der Waals surface area contributed by atoms with Gasteiger partial charge in [0, 0.05) is 18.5 Å². The monoisotopic (exact) mass is 334 g/mol. The molecule has 0 aliphatic rings. The Morgan fingerprint density at radius 3 is 2.17 bits per heavy atom. The van der Waals surface area contributed by atoms with Crippen LogP contribution in [0.4, 0.5) is 0 Å². The zero-order chi connectivity index (χ0) is 18.1. The molecule has 0 aromatic heterocycles. The number of rotatable bonds is 9. The topological polar surface area (TPSA) is 74.8 Å². The summed E-state index contributed by atoms with van der Waals surface area (Å²) < 4.78 is 0. The van der Waals surface area contributed by atoms with Gasteiger partial charge in [0.05, 0.1) is 6.54 Å². The molecule has 0 fully saturated rings. The van der Waals surface area contributed by atoms with E-state index in [4.69, 9.17) is 0 Å². The molecule has 0 saturated heterocycles. The summed E-state index contributed by atoms with van der Waals surface area (Å²) in [6.07, 6.45) is 1.08. The first-order valence-electron chi connectivity index (χ1n) is 8.73. The molecule has 5 heteroatoms. The molecule has 0 spiro atoms. The van der Waals surface area contributed by atoms with Gasteiger partial charge in [-0.25, -0.2) is 0 Å². The SMILES string of the molecule is CNC(=O)CNC(=O)C[NH2+][C@@H](c1ccc(CC(C)C)cc1)C(C)C. The van der Waals surface area contributed by atoms with Crippen LogP contribution in [-0.2, 0) is 16.0 Å². The van der Waals surface area contributed by atoms with Crippen LogP contribution in [0.5, 0.6) is 0 Å². The maximum atomic E-state index is 11.9. The van der Waals surface area contributed by atoms with E-state index in [1.807, 2.05) is 5.32 Å². The number of amides is 2. The maximum Gasteiger partial charge on any atom is 0.275 e. The molecule has 5 nitrogen and oxygen atoms in total. The van der Waals surface area contributed by atoms with Gasteiger partial charge in [0.25, 0.3) is 5.91 Å². The molecule has 1 rings (SSSR count). The van der Waals surface area contributed by atoms with Crippen LogP contribution in [0.2, 0.25) is 0 Å². The Morgan fingerprint density at radius 2 is 1.67 bits per heavy atom. The lowest BCUT2D eigenvalue weighted by Gasteiger charge is -2.20. The van der Waals surface area contributed by atoms with Crippen LogP contribution in [-0.4, -0.2) is 32.0 Å². The van der Waals surface area contributed by atoms with Gasteiger partial charge in [-0.3, -0.25) is 9.59 Å². The minimum absolute atomic E-state index is 0.0272. The highest BCUT2D eigenvalue weighted by Crippen LogP contribution is 2.19. The summed E-state index contributed by atoms with van der Waals surface area (Å²) in [5.41, 5.74) is 2.58. The molecule has 0 radical (unpaired) electrons. The molecule has 1 aromatic carbocycles. The number of carbonyl (C=O) groups is 2. The van der Waals surface area contributed by atoms with Crippen LogP contribution in [0.15, 0.2) is 24.3 Å². The number of hydrogen-bond acceptors (Lipinski definition) is 2. The van der Waals surface area contributed by atoms with Crippen molar-refractivity contribution in [2.24, 2.45) is 11.8 Å². The molecule has 24 heavy (non-hydrogen) atoms. The van der Waals surface area contributed by atoms with Crippen LogP contribution in [0, 0.1) is 11.8 Å². The molecular formula is C19H32N3O2+. The van der Waals surface area contributed by atoms with Gasteiger partial charge in [0.1, 0.15) is 6.04 Å². The minimum atomic E-state index is -0.190. The summed E-state index contributed by atoms with van der Waals surface area (Å²) in [5.74, 6) is 0.741. The van der Waals surface area contributed by atoms with Crippen LogP contribution >= 0.6 is 0 Å². The van der Waals surface area contributed by atoms with Crippen LogP contribution in [0.3, 0.4) is 0 Å². The lowest BCUT2D eigenvalue weighted by atomic mass is 9.94. The van der Waals surface area contributed by atoms with Crippen LogP contribution in [0.1, 0.15) is 44.9 Å². The average molecular weight is 334 g/mol. The van der Waals surface area contributed by atoms with Gasteiger partial charge in [-0.1, -0.05) is 52.0 Å². The van der Waals surface area contributed by atoms with Gasteiger partial charge in [-0.05, 0) is 17.9 Å². The highest BCUT2D eigenvalue weighted by atomic mass is 16.2. The largest absolute Gasteiger partial charge is 0.358 e. The van der Waals surface area contributed by atoms with E-state index in [0.717, 1.165) is 6.42 Å². The first-order chi connectivity index (χ1) is 11.3. The molecule has 134 valence electrons. The van der Waals surface area contributed by atoms with E-state index in [1.165, 1.54) is 11.1 Å². The normalized spacial score (nSPS) is 12.3. The third-order valence-electron chi connectivity index (χ3n) is 4.01. The Balaban J connectivity index is 2.60. The Morgan fingerprint density at radius 1 is 1.04 bits per heavy atom. The summed E-state index contributed by atoms with van der Waals surface area (Å²) in [5, 5.41) is 7.15. The number of nitrogens with one attached hydrogen (secondary N) is 2. The highest BCUT2D eigenvalue weighted by Gasteiger charge is 2.20. The predicted octanol–water partition coefficient (Wildman–Crippen LogP) is 1.01. The summed E-state index contributed by atoms with van der Waals surface area (Å²) in [6, 6.07) is 8.93. The average Bonchev–Trinajstić information content (AvgIpc) is 2.53. The fourth-order valence-electron chi connectivity index (χ4n) is 2.71. The molecule has 2 amide bonds. The van der Waals surface area contributed by atoms with E-state index < -0.39 is 0 Å². The second kappa shape index (κ2) is 10.1. The Hall–Kier alpha value is -1.88. The molecule has 0 aliphatic carbocycles. The van der Waals surface area contributed by atoms with E-state index in [2.05, 4.69) is 62.6 Å². The summed E-state index contributed by atoms with van der Waals surface area (Å²) in [6.45, 7) is 9.09. The van der Waals surface area contributed by atoms with Crippen molar-refractivity contribution in [3.05, 3.63) is 35.4 Å². The fourth-order valence-corrected chi connectivity index (χ4v) is 2.71. The molecule has 1 atom stereocenters. The van der Waals surface area contributed by atoms with Crippen molar-refractivity contribution in [1.29, 1.82) is 0 Å². The summed E-state index contributed by atoms with van der Waals surface area (Å²) in [4.78, 5) is 23.0. The van der Waals surface area contributed by atoms with Crippen molar-refractivity contribution in [2.75, 3.05) is 20.1 Å². The molecule has 4 N–H and O–H groups in total. The van der Waals surface area contributed by atoms with Gasteiger partial charge in [0.15, 0.2) is 6.54 Å². The lowest BCUT2D eigenvalue weighted by molar-refractivity contribution is -0.692. The molecule has 0 aliphatic heterocycles. The minimum Gasteiger partial charge on any atom is -0.358 e. The van der Waals surface area contributed by atoms with Crippen molar-refractivity contribution in [1.82, 2.24) is 10.6 Å². The first-order valence-corrected chi connectivity index (χ1v) is 8.73. The number of carbonyl (C=O) groups excluding carboxylic acids is 2. The molecule has 1 aromatic rings. The molecule has 0 bridgehead atoms. The van der Waals surface area contributed by atoms with Crippen molar-refractivity contribution in [2.45, 2.75) is 40.2 Å². The molecule has 0 unspecified atom stereocenters. The van der Waals surface area contributed by atoms with Gasteiger partial charge in [-0.15, -0.1) is 0 Å². The third kappa shape index (κ3) is 7.13. The van der Waals surface area contributed by atoms with Crippen molar-refractivity contribution in [3.63, 3.8) is 0 Å². The smallest absolute Gasteiger partial charge is 0.275 e. The number of nitrogens with two attached hydrogens (primary N) is 1. The molecule has 0 heterocycles. The van der Waals surface area contributed by atoms with Gasteiger partial charge >= 0.3 is 0 Å². The number of benzene rings is 1. The first kappa shape index (κ1) is 20.2. The highest BCUT2D eigenvalue weighted by molar-refractivity contribution is 5.84. The fraction of sp³-hybridized carbons (Fsp3) is 0.579. The Labute approximate surface area is 145 Å². The number of quaternary nitrogens is 1. The van der Waals surface area contributed by atoms with Crippen molar-refractivity contribution >= 4 is 11.8 Å². The third-order valence-corrected chi connectivity index (χ3v) is 4.01.